The summed E-state index contributed by atoms with van der Waals surface area (Å²) in [5.74, 6) is 1.29. The van der Waals surface area contributed by atoms with Gasteiger partial charge in [-0.2, -0.15) is 0 Å². The quantitative estimate of drug-likeness (QED) is 0.744. The molecule has 0 aliphatic heterocycles. The molecule has 0 aliphatic carbocycles. The van der Waals surface area contributed by atoms with Crippen LogP contribution in [-0.4, -0.2) is 28.8 Å². The first-order valence-electron chi connectivity index (χ1n) is 6.93. The van der Waals surface area contributed by atoms with Gasteiger partial charge < -0.3 is 20.2 Å². The summed E-state index contributed by atoms with van der Waals surface area (Å²) in [5.41, 5.74) is -0.0910. The summed E-state index contributed by atoms with van der Waals surface area (Å²) < 4.78 is 5.58. The summed E-state index contributed by atoms with van der Waals surface area (Å²) in [6, 6.07) is -0.234. The standard InChI is InChI=1S/C14H25N3O3/c1-10(6-5-7-18)17-13(19)16-9-12-15-8-11(20-12)14(2,3)4/h8,10,18H,5-7,9H2,1-4H3,(H2,16,17,19). The second-order valence-electron chi connectivity index (χ2n) is 5.96. The third kappa shape index (κ3) is 5.61. The van der Waals surface area contributed by atoms with Crippen molar-refractivity contribution >= 4 is 6.03 Å². The number of aromatic nitrogens is 1. The largest absolute Gasteiger partial charge is 0.443 e. The van der Waals surface area contributed by atoms with Crippen LogP contribution in [0.1, 0.15) is 52.2 Å². The first-order valence-corrected chi connectivity index (χ1v) is 6.93. The molecule has 0 spiro atoms. The smallest absolute Gasteiger partial charge is 0.315 e. The van der Waals surface area contributed by atoms with Crippen LogP contribution in [0.3, 0.4) is 0 Å². The molecular formula is C14H25N3O3. The molecule has 1 rings (SSSR count). The van der Waals surface area contributed by atoms with Crippen molar-refractivity contribution in [3.63, 3.8) is 0 Å². The Labute approximate surface area is 120 Å². The Kier molecular flexibility index (Phi) is 6.01. The molecule has 0 fully saturated rings. The highest BCUT2D eigenvalue weighted by Crippen LogP contribution is 2.22. The van der Waals surface area contributed by atoms with Crippen molar-refractivity contribution in [2.45, 2.75) is 58.5 Å². The second kappa shape index (κ2) is 7.28. The molecule has 0 bridgehead atoms. The van der Waals surface area contributed by atoms with Crippen molar-refractivity contribution in [3.8, 4) is 0 Å². The van der Waals surface area contributed by atoms with Crippen LogP contribution in [0.25, 0.3) is 0 Å². The van der Waals surface area contributed by atoms with Gasteiger partial charge in [-0.25, -0.2) is 9.78 Å². The summed E-state index contributed by atoms with van der Waals surface area (Å²) in [6.45, 7) is 8.42. The van der Waals surface area contributed by atoms with Gasteiger partial charge in [-0.1, -0.05) is 20.8 Å². The van der Waals surface area contributed by atoms with Crippen molar-refractivity contribution in [1.29, 1.82) is 0 Å². The molecule has 0 saturated heterocycles. The molecule has 0 saturated carbocycles. The summed E-state index contributed by atoms with van der Waals surface area (Å²) >= 11 is 0. The van der Waals surface area contributed by atoms with Crippen LogP contribution in [-0.2, 0) is 12.0 Å². The van der Waals surface area contributed by atoms with E-state index >= 15 is 0 Å². The van der Waals surface area contributed by atoms with E-state index in [1.54, 1.807) is 6.20 Å². The number of rotatable bonds is 6. The van der Waals surface area contributed by atoms with Gasteiger partial charge in [0.1, 0.15) is 5.76 Å². The van der Waals surface area contributed by atoms with Crippen molar-refractivity contribution in [3.05, 3.63) is 17.8 Å². The van der Waals surface area contributed by atoms with Gasteiger partial charge in [0.15, 0.2) is 0 Å². The van der Waals surface area contributed by atoms with E-state index in [4.69, 9.17) is 9.52 Å². The molecule has 3 N–H and O–H groups in total. The van der Waals surface area contributed by atoms with Crippen LogP contribution in [0.15, 0.2) is 10.6 Å². The molecule has 1 unspecified atom stereocenters. The minimum atomic E-state index is -0.258. The predicted molar refractivity (Wildman–Crippen MR) is 76.4 cm³/mol. The maximum atomic E-state index is 11.6. The molecule has 6 heteroatoms. The Bertz CT molecular complexity index is 424. The highest BCUT2D eigenvalue weighted by molar-refractivity contribution is 5.73. The Balaban J connectivity index is 2.36. The van der Waals surface area contributed by atoms with Crippen LogP contribution in [0.4, 0.5) is 4.79 Å². The number of carbonyl (C=O) groups is 1. The molecule has 0 aliphatic rings. The van der Waals surface area contributed by atoms with Crippen molar-refractivity contribution in [2.24, 2.45) is 0 Å². The van der Waals surface area contributed by atoms with Gasteiger partial charge in [0, 0.05) is 18.1 Å². The Morgan fingerprint density at radius 3 is 2.75 bits per heavy atom. The number of oxazole rings is 1. The topological polar surface area (TPSA) is 87.4 Å². The average Bonchev–Trinajstić information content (AvgIpc) is 2.82. The normalized spacial score (nSPS) is 13.1. The van der Waals surface area contributed by atoms with Crippen LogP contribution in [0, 0.1) is 0 Å². The van der Waals surface area contributed by atoms with Gasteiger partial charge in [-0.3, -0.25) is 0 Å². The van der Waals surface area contributed by atoms with Crippen LogP contribution in [0.5, 0.6) is 0 Å². The molecule has 20 heavy (non-hydrogen) atoms. The molecule has 114 valence electrons. The van der Waals surface area contributed by atoms with E-state index in [1.807, 2.05) is 27.7 Å². The zero-order valence-corrected chi connectivity index (χ0v) is 12.7. The summed E-state index contributed by atoms with van der Waals surface area (Å²) in [6.07, 6.45) is 3.12. The number of nitrogens with zero attached hydrogens (tertiary/aromatic N) is 1. The number of amides is 2. The zero-order chi connectivity index (χ0) is 15.2. The number of hydrogen-bond donors (Lipinski definition) is 3. The Morgan fingerprint density at radius 2 is 2.20 bits per heavy atom. The molecule has 1 atom stereocenters. The maximum absolute atomic E-state index is 11.6. The van der Waals surface area contributed by atoms with Gasteiger partial charge in [0.25, 0.3) is 0 Å². The van der Waals surface area contributed by atoms with E-state index in [-0.39, 0.29) is 30.6 Å². The number of aliphatic hydroxyl groups is 1. The lowest BCUT2D eigenvalue weighted by Crippen LogP contribution is -2.40. The molecule has 1 aromatic heterocycles. The van der Waals surface area contributed by atoms with E-state index in [0.717, 1.165) is 12.2 Å². The first kappa shape index (κ1) is 16.5. The minimum absolute atomic E-state index is 0.0249. The van der Waals surface area contributed by atoms with Crippen molar-refractivity contribution < 1.29 is 14.3 Å². The van der Waals surface area contributed by atoms with Gasteiger partial charge in [0.05, 0.1) is 12.7 Å². The van der Waals surface area contributed by atoms with E-state index in [9.17, 15) is 4.79 Å². The zero-order valence-electron chi connectivity index (χ0n) is 12.7. The Hall–Kier alpha value is -1.56. The molecule has 6 nitrogen and oxygen atoms in total. The number of aliphatic hydroxyl groups excluding tert-OH is 1. The van der Waals surface area contributed by atoms with Gasteiger partial charge in [0.2, 0.25) is 5.89 Å². The van der Waals surface area contributed by atoms with Gasteiger partial charge in [-0.15, -0.1) is 0 Å². The van der Waals surface area contributed by atoms with Crippen molar-refractivity contribution in [2.75, 3.05) is 6.61 Å². The molecule has 0 radical (unpaired) electrons. The second-order valence-corrected chi connectivity index (χ2v) is 5.96. The fourth-order valence-electron chi connectivity index (χ4n) is 1.64. The molecule has 0 aromatic carbocycles. The van der Waals surface area contributed by atoms with Gasteiger partial charge >= 0.3 is 6.03 Å². The van der Waals surface area contributed by atoms with E-state index < -0.39 is 0 Å². The van der Waals surface area contributed by atoms with E-state index in [2.05, 4.69) is 15.6 Å². The highest BCUT2D eigenvalue weighted by Gasteiger charge is 2.19. The predicted octanol–water partition coefficient (Wildman–Crippen LogP) is 1.93. The third-order valence-corrected chi connectivity index (χ3v) is 2.87. The van der Waals surface area contributed by atoms with Gasteiger partial charge in [-0.05, 0) is 19.8 Å². The highest BCUT2D eigenvalue weighted by atomic mass is 16.4. The number of carbonyl (C=O) groups excluding carboxylic acids is 1. The summed E-state index contributed by atoms with van der Waals surface area (Å²) in [7, 11) is 0. The van der Waals surface area contributed by atoms with Crippen LogP contribution < -0.4 is 10.6 Å². The number of nitrogens with one attached hydrogen (secondary N) is 2. The Morgan fingerprint density at radius 1 is 1.50 bits per heavy atom. The first-order chi connectivity index (χ1) is 9.32. The maximum Gasteiger partial charge on any atom is 0.315 e. The van der Waals surface area contributed by atoms with Crippen LogP contribution in [0.2, 0.25) is 0 Å². The fourth-order valence-corrected chi connectivity index (χ4v) is 1.64. The summed E-state index contributed by atoms with van der Waals surface area (Å²) in [4.78, 5) is 15.8. The molecule has 1 aromatic rings. The average molecular weight is 283 g/mol. The van der Waals surface area contributed by atoms with E-state index in [1.165, 1.54) is 0 Å². The monoisotopic (exact) mass is 283 g/mol. The lowest BCUT2D eigenvalue weighted by atomic mass is 9.94. The lowest BCUT2D eigenvalue weighted by molar-refractivity contribution is 0.232. The summed E-state index contributed by atoms with van der Waals surface area (Å²) in [5, 5.41) is 14.2. The lowest BCUT2D eigenvalue weighted by Gasteiger charge is -2.14. The minimum Gasteiger partial charge on any atom is -0.443 e. The number of urea groups is 1. The molecule has 2 amide bonds. The SMILES string of the molecule is CC(CCCO)NC(=O)NCc1ncc(C(C)(C)C)o1. The fraction of sp³-hybridized carbons (Fsp3) is 0.714. The molecular weight excluding hydrogens is 258 g/mol. The third-order valence-electron chi connectivity index (χ3n) is 2.87. The van der Waals surface area contributed by atoms with E-state index in [0.29, 0.717) is 12.3 Å². The van der Waals surface area contributed by atoms with Crippen LogP contribution >= 0.6 is 0 Å². The van der Waals surface area contributed by atoms with Crippen molar-refractivity contribution in [1.82, 2.24) is 15.6 Å². The number of hydrogen-bond acceptors (Lipinski definition) is 4. The molecule has 1 heterocycles.